The van der Waals surface area contributed by atoms with E-state index in [-0.39, 0.29) is 12.5 Å². The molecule has 0 fully saturated rings. The molecule has 0 spiro atoms. The van der Waals surface area contributed by atoms with Gasteiger partial charge in [0.25, 0.3) is 0 Å². The number of carbonyl (C=O) groups is 1. The number of hydrogen-bond donors (Lipinski definition) is 3. The van der Waals surface area contributed by atoms with Crippen LogP contribution in [-0.2, 0) is 11.3 Å². The van der Waals surface area contributed by atoms with Crippen molar-refractivity contribution in [3.8, 4) is 0 Å². The summed E-state index contributed by atoms with van der Waals surface area (Å²) in [5.74, 6) is -0.798. The molecule has 4 heteroatoms. The topological polar surface area (TPSA) is 65.1 Å². The number of carboxylic acid groups (broad SMARTS) is 1. The Kier molecular flexibility index (Phi) is 4.67. The van der Waals surface area contributed by atoms with Gasteiger partial charge in [-0.25, -0.2) is 0 Å². The third-order valence-corrected chi connectivity index (χ3v) is 4.57. The minimum Gasteiger partial charge on any atom is -0.481 e. The van der Waals surface area contributed by atoms with E-state index in [1.807, 2.05) is 31.3 Å². The van der Waals surface area contributed by atoms with Crippen LogP contribution in [0, 0.1) is 13.8 Å². The number of rotatable bonds is 6. The molecule has 0 aliphatic carbocycles. The van der Waals surface area contributed by atoms with Crippen LogP contribution in [0.5, 0.6) is 0 Å². The highest BCUT2D eigenvalue weighted by Gasteiger charge is 2.17. The van der Waals surface area contributed by atoms with Crippen LogP contribution in [0.15, 0.2) is 48.7 Å². The molecule has 1 aromatic heterocycles. The third-order valence-electron chi connectivity index (χ3n) is 4.57. The third kappa shape index (κ3) is 3.49. The summed E-state index contributed by atoms with van der Waals surface area (Å²) in [7, 11) is 0. The molecule has 1 atom stereocenters. The number of fused-ring (bicyclic) bond motifs is 1. The van der Waals surface area contributed by atoms with Crippen molar-refractivity contribution in [2.75, 3.05) is 0 Å². The lowest BCUT2D eigenvalue weighted by Crippen LogP contribution is -2.24. The Hall–Kier alpha value is -2.59. The predicted molar refractivity (Wildman–Crippen MR) is 96.0 cm³/mol. The van der Waals surface area contributed by atoms with Gasteiger partial charge < -0.3 is 15.4 Å². The Balaban J connectivity index is 1.81. The van der Waals surface area contributed by atoms with Gasteiger partial charge in [-0.1, -0.05) is 30.3 Å². The number of aryl methyl sites for hydroxylation is 1. The smallest absolute Gasteiger partial charge is 0.305 e. The molecule has 3 aromatic rings. The molecule has 0 bridgehead atoms. The van der Waals surface area contributed by atoms with Gasteiger partial charge in [0.15, 0.2) is 0 Å². The monoisotopic (exact) mass is 322 g/mol. The minimum absolute atomic E-state index is 0.0645. The van der Waals surface area contributed by atoms with E-state index in [1.165, 1.54) is 10.9 Å². The summed E-state index contributed by atoms with van der Waals surface area (Å²) < 4.78 is 0. The lowest BCUT2D eigenvalue weighted by molar-refractivity contribution is -0.137. The van der Waals surface area contributed by atoms with Crippen LogP contribution in [0.2, 0.25) is 0 Å². The second-order valence-corrected chi connectivity index (χ2v) is 6.22. The lowest BCUT2D eigenvalue weighted by Gasteiger charge is -2.20. The van der Waals surface area contributed by atoms with Crippen molar-refractivity contribution < 1.29 is 9.90 Å². The normalized spacial score (nSPS) is 12.4. The van der Waals surface area contributed by atoms with Gasteiger partial charge in [-0.2, -0.15) is 0 Å². The van der Waals surface area contributed by atoms with Gasteiger partial charge in [0.05, 0.1) is 6.42 Å². The largest absolute Gasteiger partial charge is 0.481 e. The molecule has 0 aliphatic rings. The summed E-state index contributed by atoms with van der Waals surface area (Å²) in [6, 6.07) is 14.1. The van der Waals surface area contributed by atoms with Gasteiger partial charge in [0.2, 0.25) is 0 Å². The van der Waals surface area contributed by atoms with Crippen LogP contribution in [0.4, 0.5) is 0 Å². The highest BCUT2D eigenvalue weighted by molar-refractivity contribution is 5.79. The number of aromatic amines is 1. The van der Waals surface area contributed by atoms with E-state index in [0.717, 1.165) is 22.2 Å². The van der Waals surface area contributed by atoms with Gasteiger partial charge >= 0.3 is 5.97 Å². The first-order chi connectivity index (χ1) is 11.5. The zero-order valence-corrected chi connectivity index (χ0v) is 14.0. The second kappa shape index (κ2) is 6.89. The number of benzene rings is 2. The van der Waals surface area contributed by atoms with Crippen molar-refractivity contribution in [1.82, 2.24) is 10.3 Å². The zero-order chi connectivity index (χ0) is 17.1. The Morgan fingerprint density at radius 3 is 2.83 bits per heavy atom. The number of H-pyrrole nitrogens is 1. The molecule has 3 rings (SSSR count). The van der Waals surface area contributed by atoms with Crippen LogP contribution in [0.25, 0.3) is 10.9 Å². The Labute approximate surface area is 141 Å². The van der Waals surface area contributed by atoms with Gasteiger partial charge in [0, 0.05) is 24.3 Å². The van der Waals surface area contributed by atoms with E-state index in [1.54, 1.807) is 0 Å². The average molecular weight is 322 g/mol. The standard InChI is InChI=1S/C20H22N2O2/c1-13-4-3-5-17(14(13)2)19(11-20(23)24)22-12-15-6-7-16-8-9-21-18(16)10-15/h3-10,19,21-22H,11-12H2,1-2H3,(H,23,24)/t19-/m1/s1. The quantitative estimate of drug-likeness (QED) is 0.640. The van der Waals surface area contributed by atoms with E-state index in [0.29, 0.717) is 6.54 Å². The molecular formula is C20H22N2O2. The van der Waals surface area contributed by atoms with Gasteiger partial charge in [-0.15, -0.1) is 0 Å². The highest BCUT2D eigenvalue weighted by Crippen LogP contribution is 2.24. The Bertz CT molecular complexity index is 867. The average Bonchev–Trinajstić information content (AvgIpc) is 3.01. The van der Waals surface area contributed by atoms with Crippen LogP contribution in [-0.4, -0.2) is 16.1 Å². The molecule has 0 amide bonds. The molecule has 24 heavy (non-hydrogen) atoms. The number of aromatic nitrogens is 1. The molecule has 1 heterocycles. The molecule has 124 valence electrons. The van der Waals surface area contributed by atoms with Gasteiger partial charge in [-0.3, -0.25) is 4.79 Å². The second-order valence-electron chi connectivity index (χ2n) is 6.22. The fourth-order valence-electron chi connectivity index (χ4n) is 3.06. The van der Waals surface area contributed by atoms with Crippen molar-refractivity contribution in [1.29, 1.82) is 0 Å². The van der Waals surface area contributed by atoms with Crippen molar-refractivity contribution in [2.45, 2.75) is 32.9 Å². The highest BCUT2D eigenvalue weighted by atomic mass is 16.4. The fraction of sp³-hybridized carbons (Fsp3) is 0.250. The van der Waals surface area contributed by atoms with E-state index in [9.17, 15) is 9.90 Å². The van der Waals surface area contributed by atoms with E-state index >= 15 is 0 Å². The number of carboxylic acids is 1. The van der Waals surface area contributed by atoms with Crippen molar-refractivity contribution in [2.24, 2.45) is 0 Å². The number of hydrogen-bond acceptors (Lipinski definition) is 2. The maximum absolute atomic E-state index is 11.3. The molecule has 0 unspecified atom stereocenters. The van der Waals surface area contributed by atoms with Crippen molar-refractivity contribution in [3.63, 3.8) is 0 Å². The van der Waals surface area contributed by atoms with Gasteiger partial charge in [-0.05, 0) is 53.6 Å². The summed E-state index contributed by atoms with van der Waals surface area (Å²) in [6.07, 6.45) is 1.99. The molecule has 4 nitrogen and oxygen atoms in total. The predicted octanol–water partition coefficient (Wildman–Crippen LogP) is 4.09. The first kappa shape index (κ1) is 16.3. The first-order valence-electron chi connectivity index (χ1n) is 8.12. The molecule has 2 aromatic carbocycles. The van der Waals surface area contributed by atoms with Crippen molar-refractivity contribution in [3.05, 3.63) is 70.9 Å². The Morgan fingerprint density at radius 1 is 1.21 bits per heavy atom. The van der Waals surface area contributed by atoms with Crippen LogP contribution in [0.1, 0.15) is 34.7 Å². The summed E-state index contributed by atoms with van der Waals surface area (Å²) in [4.78, 5) is 14.5. The minimum atomic E-state index is -0.798. The van der Waals surface area contributed by atoms with Crippen LogP contribution in [0.3, 0.4) is 0 Å². The van der Waals surface area contributed by atoms with E-state index < -0.39 is 5.97 Å². The van der Waals surface area contributed by atoms with Gasteiger partial charge in [0.1, 0.15) is 0 Å². The van der Waals surface area contributed by atoms with Crippen LogP contribution < -0.4 is 5.32 Å². The fourth-order valence-corrected chi connectivity index (χ4v) is 3.06. The summed E-state index contributed by atoms with van der Waals surface area (Å²) in [5, 5.41) is 13.9. The number of nitrogens with one attached hydrogen (secondary N) is 2. The maximum Gasteiger partial charge on any atom is 0.305 e. The van der Waals surface area contributed by atoms with Crippen molar-refractivity contribution >= 4 is 16.9 Å². The van der Waals surface area contributed by atoms with E-state index in [2.05, 4.69) is 41.5 Å². The molecule has 0 saturated heterocycles. The van der Waals surface area contributed by atoms with Crippen LogP contribution >= 0.6 is 0 Å². The molecule has 0 aliphatic heterocycles. The lowest BCUT2D eigenvalue weighted by atomic mass is 9.95. The Morgan fingerprint density at radius 2 is 2.04 bits per heavy atom. The summed E-state index contributed by atoms with van der Waals surface area (Å²) in [6.45, 7) is 4.72. The van der Waals surface area contributed by atoms with E-state index in [4.69, 9.17) is 0 Å². The maximum atomic E-state index is 11.3. The SMILES string of the molecule is Cc1cccc([C@@H](CC(=O)O)NCc2ccc3cc[nH]c3c2)c1C. The molecule has 0 radical (unpaired) electrons. The molecule has 0 saturated carbocycles. The zero-order valence-electron chi connectivity index (χ0n) is 14.0. The number of aliphatic carboxylic acids is 1. The molecular weight excluding hydrogens is 300 g/mol. The molecule has 3 N–H and O–H groups in total. The summed E-state index contributed by atoms with van der Waals surface area (Å²) >= 11 is 0. The summed E-state index contributed by atoms with van der Waals surface area (Å²) in [5.41, 5.74) is 5.60. The first-order valence-corrected chi connectivity index (χ1v) is 8.12.